The maximum Gasteiger partial charge on any atom is 0.356 e. The van der Waals surface area contributed by atoms with E-state index in [1.807, 2.05) is 13.8 Å². The minimum absolute atomic E-state index is 0.191. The van der Waals surface area contributed by atoms with Crippen LogP contribution in [-0.2, 0) is 16.1 Å². The van der Waals surface area contributed by atoms with Gasteiger partial charge >= 0.3 is 5.97 Å². The Morgan fingerprint density at radius 2 is 1.76 bits per heavy atom. The molecular formula is C39H53ClN4O6. The van der Waals surface area contributed by atoms with Gasteiger partial charge in [-0.15, -0.1) is 19.4 Å². The Morgan fingerprint density at radius 1 is 1.10 bits per heavy atom. The Hall–Kier alpha value is -4.85. The molecule has 0 saturated carbocycles. The van der Waals surface area contributed by atoms with Crippen molar-refractivity contribution in [3.8, 4) is 24.3 Å². The number of amides is 2. The normalized spacial score (nSPS) is 11.3. The maximum absolute atomic E-state index is 12.5. The third kappa shape index (κ3) is 17.5. The first-order chi connectivity index (χ1) is 23.9. The Kier molecular flexibility index (Phi) is 23.5. The van der Waals surface area contributed by atoms with Crippen LogP contribution in [0.4, 0.5) is 5.69 Å². The molecule has 0 radical (unpaired) electrons. The lowest BCUT2D eigenvalue weighted by Gasteiger charge is -2.18. The monoisotopic (exact) mass is 708 g/mol. The van der Waals surface area contributed by atoms with E-state index in [-0.39, 0.29) is 5.69 Å². The van der Waals surface area contributed by atoms with E-state index in [4.69, 9.17) is 31.9 Å². The number of ether oxygens (including phenoxy) is 2. The lowest BCUT2D eigenvalue weighted by atomic mass is 10.1. The van der Waals surface area contributed by atoms with Gasteiger partial charge in [0.2, 0.25) is 5.91 Å². The Balaban J connectivity index is 0.00000101. The Labute approximate surface area is 302 Å². The van der Waals surface area contributed by atoms with Crippen molar-refractivity contribution in [1.82, 2.24) is 9.78 Å². The van der Waals surface area contributed by atoms with E-state index in [1.54, 1.807) is 48.5 Å². The standard InChI is InChI=1S/C20H17ClN4O5.C14H28O.C3H6.C2H2/c1-11-8-12(6-7-13(11)21)30-17-5-3-2-4-14(17)23-18(26)10-25-16(19(22)27)9-15(24-25)20(28)29;1-5-8-11-14(10-7-3)15-12-13(4)9-6-2;1-3-2;1-2/h2-9H,10H2,1H3,(H2,22,27)(H,23,26)(H,28,29);6,9,13-14H,5,7-8,10-12H2,1-4H3;3H,1H2,2H3;1-2H/b;9-6-;;/t;13?,14-;;/m.0../s1. The van der Waals surface area contributed by atoms with Crippen LogP contribution in [-0.4, -0.2) is 45.4 Å². The summed E-state index contributed by atoms with van der Waals surface area (Å²) in [6.45, 7) is 16.3. The summed E-state index contributed by atoms with van der Waals surface area (Å²) in [5.74, 6) is -1.32. The predicted octanol–water partition coefficient (Wildman–Crippen LogP) is 9.09. The van der Waals surface area contributed by atoms with Gasteiger partial charge in [-0.25, -0.2) is 9.48 Å². The molecule has 0 spiro atoms. The van der Waals surface area contributed by atoms with Crippen molar-refractivity contribution in [2.45, 2.75) is 86.3 Å². The number of carbonyl (C=O) groups excluding carboxylic acids is 2. The molecule has 0 aliphatic carbocycles. The lowest BCUT2D eigenvalue weighted by molar-refractivity contribution is -0.116. The van der Waals surface area contributed by atoms with Crippen LogP contribution >= 0.6 is 11.6 Å². The minimum atomic E-state index is -1.34. The molecule has 1 heterocycles. The zero-order valence-electron chi connectivity index (χ0n) is 30.2. The summed E-state index contributed by atoms with van der Waals surface area (Å²) in [4.78, 5) is 35.1. The Morgan fingerprint density at radius 3 is 2.32 bits per heavy atom. The predicted molar refractivity (Wildman–Crippen MR) is 203 cm³/mol. The molecule has 2 aromatic carbocycles. The van der Waals surface area contributed by atoms with E-state index >= 15 is 0 Å². The van der Waals surface area contributed by atoms with Gasteiger partial charge in [0.25, 0.3) is 5.91 Å². The van der Waals surface area contributed by atoms with Crippen molar-refractivity contribution < 1.29 is 29.0 Å². The van der Waals surface area contributed by atoms with Gasteiger partial charge in [0.05, 0.1) is 18.4 Å². The number of aromatic carboxylic acids is 1. The quantitative estimate of drug-likeness (QED) is 0.0994. The van der Waals surface area contributed by atoms with Gasteiger partial charge < -0.3 is 25.6 Å². The summed E-state index contributed by atoms with van der Waals surface area (Å²) in [5, 5.41) is 16.0. The smallest absolute Gasteiger partial charge is 0.356 e. The molecule has 2 amide bonds. The number of carbonyl (C=O) groups is 3. The minimum Gasteiger partial charge on any atom is -0.476 e. The highest BCUT2D eigenvalue weighted by molar-refractivity contribution is 6.31. The average Bonchev–Trinajstić information content (AvgIpc) is 3.51. The van der Waals surface area contributed by atoms with Crippen LogP contribution in [0.3, 0.4) is 0 Å². The van der Waals surface area contributed by atoms with Crippen LogP contribution < -0.4 is 15.8 Å². The number of carboxylic acid groups (broad SMARTS) is 1. The van der Waals surface area contributed by atoms with E-state index in [9.17, 15) is 14.4 Å². The summed E-state index contributed by atoms with van der Waals surface area (Å²) in [5.41, 5.74) is 5.87. The van der Waals surface area contributed by atoms with Crippen molar-refractivity contribution >= 4 is 35.1 Å². The molecule has 0 aliphatic rings. The molecule has 11 heteroatoms. The van der Waals surface area contributed by atoms with Gasteiger partial charge in [0, 0.05) is 11.1 Å². The second kappa shape index (κ2) is 26.1. The summed E-state index contributed by atoms with van der Waals surface area (Å²) in [6, 6.07) is 12.9. The number of anilines is 1. The number of carboxylic acids is 1. The maximum atomic E-state index is 12.5. The SMILES string of the molecule is C#C.C/C=C\C(C)CO[C@@H](CCC)CCCC.C=CC.Cc1cc(Oc2ccccc2NC(=O)Cn2nc(C(=O)O)cc2C(N)=O)ccc1Cl. The number of aromatic nitrogens is 2. The van der Waals surface area contributed by atoms with Crippen LogP contribution in [0.5, 0.6) is 11.5 Å². The van der Waals surface area contributed by atoms with Crippen LogP contribution in [0.25, 0.3) is 0 Å². The molecule has 0 bridgehead atoms. The number of unbranched alkanes of at least 4 members (excludes halogenated alkanes) is 1. The fourth-order valence-electron chi connectivity index (χ4n) is 4.37. The first-order valence-electron chi connectivity index (χ1n) is 16.5. The Bertz CT molecular complexity index is 1530. The first kappa shape index (κ1) is 45.2. The van der Waals surface area contributed by atoms with Crippen molar-refractivity contribution in [2.75, 3.05) is 11.9 Å². The van der Waals surface area contributed by atoms with E-state index in [0.717, 1.165) is 22.9 Å². The number of hydrogen-bond acceptors (Lipinski definition) is 6. The molecule has 1 aromatic heterocycles. The zero-order valence-corrected chi connectivity index (χ0v) is 30.9. The van der Waals surface area contributed by atoms with Gasteiger partial charge in [-0.05, 0) is 75.4 Å². The summed E-state index contributed by atoms with van der Waals surface area (Å²) in [6.07, 6.45) is 20.8. The average molecular weight is 709 g/mol. The van der Waals surface area contributed by atoms with Gasteiger partial charge in [-0.1, -0.05) is 82.0 Å². The first-order valence-corrected chi connectivity index (χ1v) is 16.9. The number of nitrogens with zero attached hydrogens (tertiary/aromatic N) is 2. The number of para-hydroxylation sites is 2. The lowest BCUT2D eigenvalue weighted by Crippen LogP contribution is -2.24. The van der Waals surface area contributed by atoms with E-state index in [2.05, 4.69) is 69.7 Å². The molecule has 4 N–H and O–H groups in total. The molecule has 50 heavy (non-hydrogen) atoms. The molecule has 3 rings (SSSR count). The molecule has 10 nitrogen and oxygen atoms in total. The molecular weight excluding hydrogens is 656 g/mol. The van der Waals surface area contributed by atoms with Crippen molar-refractivity contribution in [1.29, 1.82) is 0 Å². The van der Waals surface area contributed by atoms with Gasteiger partial charge in [-0.2, -0.15) is 5.10 Å². The van der Waals surface area contributed by atoms with Crippen LogP contribution in [0.1, 0.15) is 93.3 Å². The van der Waals surface area contributed by atoms with Crippen LogP contribution in [0.15, 0.2) is 73.3 Å². The van der Waals surface area contributed by atoms with Crippen molar-refractivity contribution in [3.63, 3.8) is 0 Å². The van der Waals surface area contributed by atoms with Gasteiger partial charge in [0.15, 0.2) is 11.4 Å². The van der Waals surface area contributed by atoms with E-state index in [1.165, 1.54) is 32.1 Å². The fraction of sp³-hybridized carbons (Fsp3) is 0.385. The topological polar surface area (TPSA) is 146 Å². The highest BCUT2D eigenvalue weighted by Crippen LogP contribution is 2.31. The largest absolute Gasteiger partial charge is 0.476 e. The number of rotatable bonds is 16. The molecule has 272 valence electrons. The number of nitrogens with one attached hydrogen (secondary N) is 1. The second-order valence-electron chi connectivity index (χ2n) is 11.1. The molecule has 0 saturated heterocycles. The fourth-order valence-corrected chi connectivity index (χ4v) is 4.49. The van der Waals surface area contributed by atoms with Crippen LogP contribution in [0, 0.1) is 25.7 Å². The molecule has 2 atom stereocenters. The molecule has 0 aliphatic heterocycles. The number of halogens is 1. The van der Waals surface area contributed by atoms with Crippen LogP contribution in [0.2, 0.25) is 5.02 Å². The highest BCUT2D eigenvalue weighted by Gasteiger charge is 2.19. The van der Waals surface area contributed by atoms with Gasteiger partial charge in [-0.3, -0.25) is 9.59 Å². The third-order valence-corrected chi connectivity index (χ3v) is 7.09. The number of benzene rings is 2. The number of aryl methyl sites for hydroxylation is 1. The number of nitrogens with two attached hydrogens (primary N) is 1. The van der Waals surface area contributed by atoms with E-state index in [0.29, 0.717) is 34.2 Å². The number of allylic oxidation sites excluding steroid dienone is 2. The highest BCUT2D eigenvalue weighted by atomic mass is 35.5. The zero-order chi connectivity index (χ0) is 38.1. The number of hydrogen-bond donors (Lipinski definition) is 3. The van der Waals surface area contributed by atoms with Crippen molar-refractivity contribution in [3.05, 3.63) is 95.3 Å². The third-order valence-electron chi connectivity index (χ3n) is 6.67. The molecule has 3 aromatic rings. The van der Waals surface area contributed by atoms with Crippen molar-refractivity contribution in [2.24, 2.45) is 11.7 Å². The summed E-state index contributed by atoms with van der Waals surface area (Å²) >= 11 is 6.03. The number of primary amides is 1. The number of terminal acetylenes is 1. The molecule has 1 unspecified atom stereocenters. The van der Waals surface area contributed by atoms with E-state index < -0.39 is 30.0 Å². The summed E-state index contributed by atoms with van der Waals surface area (Å²) < 4.78 is 12.7. The summed E-state index contributed by atoms with van der Waals surface area (Å²) in [7, 11) is 0. The van der Waals surface area contributed by atoms with Gasteiger partial charge in [0.1, 0.15) is 18.0 Å². The molecule has 0 fully saturated rings. The second-order valence-corrected chi connectivity index (χ2v) is 11.5.